The Morgan fingerprint density at radius 3 is 2.85 bits per heavy atom. The van der Waals surface area contributed by atoms with Gasteiger partial charge in [-0.15, -0.1) is 11.3 Å². The first-order valence-electron chi connectivity index (χ1n) is 8.42. The molecule has 1 aromatic heterocycles. The molecule has 0 unspecified atom stereocenters. The molecule has 1 amide bonds. The Kier molecular flexibility index (Phi) is 5.62. The Morgan fingerprint density at radius 1 is 1.33 bits per heavy atom. The number of esters is 1. The number of anilines is 1. The minimum atomic E-state index is -0.840. The maximum Gasteiger partial charge on any atom is 0.342 e. The second-order valence-corrected chi connectivity index (χ2v) is 7.14. The zero-order valence-corrected chi connectivity index (χ0v) is 15.5. The fourth-order valence-electron chi connectivity index (χ4n) is 2.95. The molecule has 1 heterocycles. The van der Waals surface area contributed by atoms with E-state index in [1.54, 1.807) is 0 Å². The summed E-state index contributed by atoms with van der Waals surface area (Å²) in [7, 11) is 1.43. The fraction of sp³-hybridized carbons (Fsp3) is 0.316. The van der Waals surface area contributed by atoms with Crippen LogP contribution in [0, 0.1) is 11.3 Å². The van der Waals surface area contributed by atoms with Crippen molar-refractivity contribution in [2.45, 2.75) is 25.7 Å². The summed E-state index contributed by atoms with van der Waals surface area (Å²) in [6.07, 6.45) is 3.87. The van der Waals surface area contributed by atoms with Crippen molar-refractivity contribution in [3.8, 4) is 17.6 Å². The first kappa shape index (κ1) is 18.7. The molecule has 0 fully saturated rings. The smallest absolute Gasteiger partial charge is 0.342 e. The number of ether oxygens (including phenoxy) is 2. The molecule has 7 nitrogen and oxygen atoms in total. The number of benzene rings is 1. The molecule has 1 aliphatic carbocycles. The van der Waals surface area contributed by atoms with Gasteiger partial charge in [0.2, 0.25) is 0 Å². The fourth-order valence-corrected chi connectivity index (χ4v) is 4.21. The molecule has 0 radical (unpaired) electrons. The minimum absolute atomic E-state index is 0.0912. The van der Waals surface area contributed by atoms with E-state index in [1.807, 2.05) is 0 Å². The molecule has 8 heteroatoms. The lowest BCUT2D eigenvalue weighted by atomic mass is 9.96. The molecule has 2 aromatic rings. The Balaban J connectivity index is 1.65. The van der Waals surface area contributed by atoms with Gasteiger partial charge in [-0.1, -0.05) is 0 Å². The van der Waals surface area contributed by atoms with E-state index in [1.165, 1.54) is 36.6 Å². The molecule has 3 rings (SSSR count). The standard InChI is InChI=1S/C19H18N2O5S/c1-25-11-6-7-15(22)13(8-11)19(24)26-10-17(23)21-18-14(9-20)12-4-2-3-5-16(12)27-18/h6-8,22H,2-5,10H2,1H3,(H,21,23). The number of rotatable bonds is 5. The molecule has 140 valence electrons. The van der Waals surface area contributed by atoms with E-state index in [0.29, 0.717) is 16.3 Å². The highest BCUT2D eigenvalue weighted by Gasteiger charge is 2.22. The van der Waals surface area contributed by atoms with Gasteiger partial charge in [-0.25, -0.2) is 4.79 Å². The normalized spacial score (nSPS) is 12.6. The van der Waals surface area contributed by atoms with Crippen molar-refractivity contribution in [2.24, 2.45) is 0 Å². The van der Waals surface area contributed by atoms with Gasteiger partial charge >= 0.3 is 5.97 Å². The van der Waals surface area contributed by atoms with Crippen LogP contribution in [0.2, 0.25) is 0 Å². The number of aromatic hydroxyl groups is 1. The Morgan fingerprint density at radius 2 is 2.11 bits per heavy atom. The number of carbonyl (C=O) groups excluding carboxylic acids is 2. The van der Waals surface area contributed by atoms with E-state index in [0.717, 1.165) is 36.1 Å². The number of carbonyl (C=O) groups is 2. The molecule has 0 bridgehead atoms. The molecule has 0 saturated carbocycles. The summed E-state index contributed by atoms with van der Waals surface area (Å²) in [5, 5.41) is 22.3. The Labute approximate surface area is 160 Å². The second kappa shape index (κ2) is 8.10. The van der Waals surface area contributed by atoms with Crippen molar-refractivity contribution in [2.75, 3.05) is 19.0 Å². The molecular formula is C19H18N2O5S. The van der Waals surface area contributed by atoms with Crippen molar-refractivity contribution in [1.29, 1.82) is 5.26 Å². The summed E-state index contributed by atoms with van der Waals surface area (Å²) in [6.45, 7) is -0.525. The van der Waals surface area contributed by atoms with E-state index >= 15 is 0 Å². The number of nitrogens with one attached hydrogen (secondary N) is 1. The minimum Gasteiger partial charge on any atom is -0.507 e. The summed E-state index contributed by atoms with van der Waals surface area (Å²) in [5.41, 5.74) is 1.42. The zero-order valence-electron chi connectivity index (χ0n) is 14.7. The van der Waals surface area contributed by atoms with Gasteiger partial charge in [-0.2, -0.15) is 5.26 Å². The summed E-state index contributed by atoms with van der Waals surface area (Å²) in [6, 6.07) is 6.30. The average Bonchev–Trinajstić information content (AvgIpc) is 3.03. The van der Waals surface area contributed by atoms with Crippen LogP contribution in [0.15, 0.2) is 18.2 Å². The van der Waals surface area contributed by atoms with Crippen molar-refractivity contribution >= 4 is 28.2 Å². The second-order valence-electron chi connectivity index (χ2n) is 6.03. The SMILES string of the molecule is COc1ccc(O)c(C(=O)OCC(=O)Nc2sc3c(c2C#N)CCCC3)c1. The van der Waals surface area contributed by atoms with Crippen LogP contribution in [0.5, 0.6) is 11.5 Å². The number of hydrogen-bond acceptors (Lipinski definition) is 7. The number of nitriles is 1. The van der Waals surface area contributed by atoms with Gasteiger partial charge in [0.25, 0.3) is 5.91 Å². The number of fused-ring (bicyclic) bond motifs is 1. The zero-order chi connectivity index (χ0) is 19.4. The van der Waals surface area contributed by atoms with Crippen molar-refractivity contribution in [3.05, 3.63) is 39.8 Å². The quantitative estimate of drug-likeness (QED) is 0.765. The van der Waals surface area contributed by atoms with E-state index in [-0.39, 0.29) is 11.3 Å². The van der Waals surface area contributed by atoms with Crippen LogP contribution >= 0.6 is 11.3 Å². The van der Waals surface area contributed by atoms with Gasteiger partial charge < -0.3 is 19.9 Å². The lowest BCUT2D eigenvalue weighted by Gasteiger charge is -2.09. The molecule has 0 saturated heterocycles. The van der Waals surface area contributed by atoms with Crippen LogP contribution in [0.25, 0.3) is 0 Å². The lowest BCUT2D eigenvalue weighted by Crippen LogP contribution is -2.21. The first-order chi connectivity index (χ1) is 13.0. The van der Waals surface area contributed by atoms with Crippen LogP contribution < -0.4 is 10.1 Å². The van der Waals surface area contributed by atoms with Gasteiger partial charge in [-0.05, 0) is 49.4 Å². The number of phenolic OH excluding ortho intramolecular Hbond substituents is 1. The maximum atomic E-state index is 12.2. The third kappa shape index (κ3) is 4.04. The number of phenols is 1. The van der Waals surface area contributed by atoms with Crippen LogP contribution in [-0.2, 0) is 22.4 Å². The number of nitrogens with zero attached hydrogens (tertiary/aromatic N) is 1. The van der Waals surface area contributed by atoms with Crippen molar-refractivity contribution < 1.29 is 24.2 Å². The lowest BCUT2D eigenvalue weighted by molar-refractivity contribution is -0.119. The molecule has 27 heavy (non-hydrogen) atoms. The highest BCUT2D eigenvalue weighted by atomic mass is 32.1. The summed E-state index contributed by atoms with van der Waals surface area (Å²) >= 11 is 1.40. The van der Waals surface area contributed by atoms with E-state index < -0.39 is 18.5 Å². The topological polar surface area (TPSA) is 109 Å². The van der Waals surface area contributed by atoms with E-state index in [9.17, 15) is 20.0 Å². The third-order valence-electron chi connectivity index (χ3n) is 4.29. The van der Waals surface area contributed by atoms with Gasteiger partial charge in [0.05, 0.1) is 12.7 Å². The van der Waals surface area contributed by atoms with Gasteiger partial charge in [0.1, 0.15) is 28.1 Å². The van der Waals surface area contributed by atoms with Gasteiger partial charge in [0.15, 0.2) is 6.61 Å². The molecule has 2 N–H and O–H groups in total. The first-order valence-corrected chi connectivity index (χ1v) is 9.23. The Bertz CT molecular complexity index is 929. The number of amides is 1. The van der Waals surface area contributed by atoms with Crippen LogP contribution in [0.3, 0.4) is 0 Å². The van der Waals surface area contributed by atoms with Crippen molar-refractivity contribution in [3.63, 3.8) is 0 Å². The van der Waals surface area contributed by atoms with E-state index in [4.69, 9.17) is 9.47 Å². The number of thiophene rings is 1. The number of aryl methyl sites for hydroxylation is 1. The highest BCUT2D eigenvalue weighted by molar-refractivity contribution is 7.16. The Hall–Kier alpha value is -3.05. The van der Waals surface area contributed by atoms with Crippen LogP contribution in [0.1, 0.15) is 39.2 Å². The largest absolute Gasteiger partial charge is 0.507 e. The molecule has 0 spiro atoms. The molecule has 1 aliphatic rings. The van der Waals surface area contributed by atoms with E-state index in [2.05, 4.69) is 11.4 Å². The monoisotopic (exact) mass is 386 g/mol. The number of methoxy groups -OCH3 is 1. The molecular weight excluding hydrogens is 368 g/mol. The van der Waals surface area contributed by atoms with Crippen LogP contribution in [-0.4, -0.2) is 30.7 Å². The van der Waals surface area contributed by atoms with Gasteiger partial charge in [-0.3, -0.25) is 4.79 Å². The third-order valence-corrected chi connectivity index (χ3v) is 5.50. The summed E-state index contributed by atoms with van der Waals surface area (Å²) in [5.74, 6) is -1.26. The van der Waals surface area contributed by atoms with Crippen LogP contribution in [0.4, 0.5) is 5.00 Å². The van der Waals surface area contributed by atoms with Gasteiger partial charge in [0, 0.05) is 4.88 Å². The summed E-state index contributed by atoms with van der Waals surface area (Å²) < 4.78 is 9.98. The predicted octanol–water partition coefficient (Wildman–Crippen LogP) is 3.01. The molecule has 1 aromatic carbocycles. The predicted molar refractivity (Wildman–Crippen MR) is 99.2 cm³/mol. The van der Waals surface area contributed by atoms with Crippen molar-refractivity contribution in [1.82, 2.24) is 0 Å². The summed E-state index contributed by atoms with van der Waals surface area (Å²) in [4.78, 5) is 25.4. The average molecular weight is 386 g/mol. The molecule has 0 atom stereocenters. The number of hydrogen-bond donors (Lipinski definition) is 2. The highest BCUT2D eigenvalue weighted by Crippen LogP contribution is 2.37. The maximum absolute atomic E-state index is 12.2. The molecule has 0 aliphatic heterocycles.